The molecular formula is C27H28F3N7. The number of fused-ring (bicyclic) bond motifs is 1. The Labute approximate surface area is 212 Å². The second-order valence-corrected chi connectivity index (χ2v) is 9.85. The highest BCUT2D eigenvalue weighted by molar-refractivity contribution is 5.79. The van der Waals surface area contributed by atoms with E-state index in [9.17, 15) is 13.2 Å². The Hall–Kier alpha value is -3.53. The number of hydrogen-bond acceptors (Lipinski definition) is 6. The average molecular weight is 508 g/mol. The van der Waals surface area contributed by atoms with Crippen molar-refractivity contribution < 1.29 is 13.2 Å². The summed E-state index contributed by atoms with van der Waals surface area (Å²) < 4.78 is 41.8. The molecule has 37 heavy (non-hydrogen) atoms. The second kappa shape index (κ2) is 9.74. The van der Waals surface area contributed by atoms with Gasteiger partial charge in [-0.05, 0) is 65.2 Å². The summed E-state index contributed by atoms with van der Waals surface area (Å²) in [7, 11) is 0. The number of pyridine rings is 1. The van der Waals surface area contributed by atoms with E-state index in [2.05, 4.69) is 43.6 Å². The maximum Gasteiger partial charge on any atom is 0.416 e. The number of aromatic nitrogens is 5. The standard InChI is InChI=1S/C27H28F3N7/c28-27(29,30)21-6-3-9-23(18-21)35-13-15-36(16-14-35)25(20-10-11-24-19(17-20)5-4-12-31-24)26-32-33-34-37(26)22-7-1-2-8-22/h3-6,9-12,17-18,22,25H,1-2,7-8,13-16H2. The van der Waals surface area contributed by atoms with E-state index in [1.165, 1.54) is 25.0 Å². The zero-order chi connectivity index (χ0) is 25.4. The number of benzene rings is 2. The molecule has 2 fully saturated rings. The van der Waals surface area contributed by atoms with Crippen molar-refractivity contribution in [1.29, 1.82) is 0 Å². The van der Waals surface area contributed by atoms with Crippen LogP contribution in [0.25, 0.3) is 10.9 Å². The molecule has 3 heterocycles. The fourth-order valence-corrected chi connectivity index (χ4v) is 5.69. The van der Waals surface area contributed by atoms with E-state index >= 15 is 0 Å². The lowest BCUT2D eigenvalue weighted by molar-refractivity contribution is -0.137. The van der Waals surface area contributed by atoms with E-state index < -0.39 is 11.7 Å². The van der Waals surface area contributed by atoms with Gasteiger partial charge >= 0.3 is 6.18 Å². The molecule has 7 nitrogen and oxygen atoms in total. The quantitative estimate of drug-likeness (QED) is 0.367. The van der Waals surface area contributed by atoms with Crippen LogP contribution in [-0.2, 0) is 6.18 Å². The van der Waals surface area contributed by atoms with Crippen LogP contribution in [-0.4, -0.2) is 56.3 Å². The van der Waals surface area contributed by atoms with Gasteiger partial charge in [-0.15, -0.1) is 5.10 Å². The van der Waals surface area contributed by atoms with Crippen molar-refractivity contribution in [2.24, 2.45) is 0 Å². The first-order valence-corrected chi connectivity index (χ1v) is 12.8. The molecule has 192 valence electrons. The molecule has 0 N–H and O–H groups in total. The van der Waals surface area contributed by atoms with Crippen LogP contribution in [0.3, 0.4) is 0 Å². The van der Waals surface area contributed by atoms with Crippen LogP contribution < -0.4 is 4.90 Å². The predicted octanol–water partition coefficient (Wildman–Crippen LogP) is 5.27. The minimum Gasteiger partial charge on any atom is -0.369 e. The highest BCUT2D eigenvalue weighted by atomic mass is 19.4. The number of halogens is 3. The van der Waals surface area contributed by atoms with E-state index in [1.54, 1.807) is 12.3 Å². The first-order chi connectivity index (χ1) is 18.0. The number of alkyl halides is 3. The van der Waals surface area contributed by atoms with E-state index in [4.69, 9.17) is 0 Å². The maximum atomic E-state index is 13.3. The van der Waals surface area contributed by atoms with Gasteiger partial charge in [0.25, 0.3) is 0 Å². The Kier molecular flexibility index (Phi) is 6.27. The molecule has 1 aliphatic carbocycles. The van der Waals surface area contributed by atoms with Gasteiger partial charge in [-0.25, -0.2) is 4.68 Å². The lowest BCUT2D eigenvalue weighted by Crippen LogP contribution is -2.48. The molecule has 1 saturated heterocycles. The predicted molar refractivity (Wildman–Crippen MR) is 134 cm³/mol. The highest BCUT2D eigenvalue weighted by Crippen LogP contribution is 2.36. The molecule has 0 spiro atoms. The minimum atomic E-state index is -4.36. The van der Waals surface area contributed by atoms with Gasteiger partial charge in [-0.2, -0.15) is 13.2 Å². The molecule has 4 aromatic rings. The van der Waals surface area contributed by atoms with Crippen LogP contribution in [0.4, 0.5) is 18.9 Å². The van der Waals surface area contributed by atoms with Crippen molar-refractivity contribution in [1.82, 2.24) is 30.1 Å². The van der Waals surface area contributed by atoms with Crippen molar-refractivity contribution in [2.75, 3.05) is 31.1 Å². The number of tetrazole rings is 1. The zero-order valence-electron chi connectivity index (χ0n) is 20.3. The lowest BCUT2D eigenvalue weighted by Gasteiger charge is -2.40. The second-order valence-electron chi connectivity index (χ2n) is 9.85. The number of piperazine rings is 1. The summed E-state index contributed by atoms with van der Waals surface area (Å²) >= 11 is 0. The normalized spacial score (nSPS) is 18.5. The van der Waals surface area contributed by atoms with Crippen molar-refractivity contribution in [3.63, 3.8) is 0 Å². The van der Waals surface area contributed by atoms with Crippen molar-refractivity contribution in [2.45, 2.75) is 43.9 Å². The van der Waals surface area contributed by atoms with Crippen LogP contribution in [0.5, 0.6) is 0 Å². The molecule has 2 aromatic heterocycles. The summed E-state index contributed by atoms with van der Waals surface area (Å²) in [4.78, 5) is 8.83. The fourth-order valence-electron chi connectivity index (χ4n) is 5.69. The van der Waals surface area contributed by atoms with Crippen molar-refractivity contribution >= 4 is 16.6 Å². The summed E-state index contributed by atoms with van der Waals surface area (Å²) in [6.07, 6.45) is 1.90. The lowest BCUT2D eigenvalue weighted by atomic mass is 10.0. The maximum absolute atomic E-state index is 13.3. The van der Waals surface area contributed by atoms with E-state index in [0.29, 0.717) is 37.9 Å². The summed E-state index contributed by atoms with van der Waals surface area (Å²) in [5.74, 6) is 0.822. The van der Waals surface area contributed by atoms with Crippen LogP contribution in [0.15, 0.2) is 60.8 Å². The van der Waals surface area contributed by atoms with Gasteiger partial charge in [0.05, 0.1) is 23.2 Å². The highest BCUT2D eigenvalue weighted by Gasteiger charge is 2.34. The van der Waals surface area contributed by atoms with Crippen LogP contribution in [0.1, 0.15) is 54.7 Å². The van der Waals surface area contributed by atoms with Gasteiger partial charge < -0.3 is 4.90 Å². The van der Waals surface area contributed by atoms with Crippen molar-refractivity contribution in [3.05, 3.63) is 77.7 Å². The summed E-state index contributed by atoms with van der Waals surface area (Å²) in [5.41, 5.74) is 1.99. The molecule has 1 saturated carbocycles. The summed E-state index contributed by atoms with van der Waals surface area (Å²) in [6, 6.07) is 16.0. The number of nitrogens with zero attached hydrogens (tertiary/aromatic N) is 7. The van der Waals surface area contributed by atoms with Crippen LogP contribution >= 0.6 is 0 Å². The van der Waals surface area contributed by atoms with E-state index in [1.807, 2.05) is 21.7 Å². The molecule has 2 aliphatic rings. The monoisotopic (exact) mass is 507 g/mol. The van der Waals surface area contributed by atoms with Crippen molar-refractivity contribution in [3.8, 4) is 0 Å². The third-order valence-electron chi connectivity index (χ3n) is 7.59. The Morgan fingerprint density at radius 3 is 2.49 bits per heavy atom. The Balaban J connectivity index is 1.31. The van der Waals surface area contributed by atoms with Crippen LogP contribution in [0.2, 0.25) is 0 Å². The molecule has 0 bridgehead atoms. The Morgan fingerprint density at radius 1 is 0.892 bits per heavy atom. The largest absolute Gasteiger partial charge is 0.416 e. The molecule has 10 heteroatoms. The van der Waals surface area contributed by atoms with Gasteiger partial charge in [0, 0.05) is 43.4 Å². The third-order valence-corrected chi connectivity index (χ3v) is 7.59. The molecular weight excluding hydrogens is 479 g/mol. The SMILES string of the molecule is FC(F)(F)c1cccc(N2CCN(C(c3ccc4ncccc4c3)c3nnnn3C3CCCC3)CC2)c1. The molecule has 6 rings (SSSR count). The minimum absolute atomic E-state index is 0.163. The molecule has 0 amide bonds. The molecule has 2 aromatic carbocycles. The Morgan fingerprint density at radius 2 is 1.70 bits per heavy atom. The Bertz CT molecular complexity index is 1370. The third kappa shape index (κ3) is 4.77. The molecule has 1 aliphatic heterocycles. The van der Waals surface area contributed by atoms with E-state index in [-0.39, 0.29) is 6.04 Å². The topological polar surface area (TPSA) is 63.0 Å². The van der Waals surface area contributed by atoms with Crippen LogP contribution in [0, 0.1) is 0 Å². The summed E-state index contributed by atoms with van der Waals surface area (Å²) in [6.45, 7) is 2.56. The first-order valence-electron chi connectivity index (χ1n) is 12.8. The molecule has 1 atom stereocenters. The smallest absolute Gasteiger partial charge is 0.369 e. The van der Waals surface area contributed by atoms with Gasteiger partial charge in [-0.1, -0.05) is 31.0 Å². The first kappa shape index (κ1) is 23.8. The number of rotatable bonds is 5. The average Bonchev–Trinajstić information content (AvgIpc) is 3.61. The zero-order valence-corrected chi connectivity index (χ0v) is 20.3. The fraction of sp³-hybridized carbons (Fsp3) is 0.407. The van der Waals surface area contributed by atoms with Gasteiger partial charge in [0.2, 0.25) is 0 Å². The number of hydrogen-bond donors (Lipinski definition) is 0. The number of anilines is 1. The molecule has 1 unspecified atom stereocenters. The van der Waals surface area contributed by atoms with Gasteiger partial charge in [0.1, 0.15) is 0 Å². The summed E-state index contributed by atoms with van der Waals surface area (Å²) in [5, 5.41) is 14.0. The van der Waals surface area contributed by atoms with Gasteiger partial charge in [-0.3, -0.25) is 9.88 Å². The molecule has 0 radical (unpaired) electrons. The van der Waals surface area contributed by atoms with Gasteiger partial charge in [0.15, 0.2) is 5.82 Å². The van der Waals surface area contributed by atoms with E-state index in [0.717, 1.165) is 41.2 Å².